The van der Waals surface area contributed by atoms with Gasteiger partial charge >= 0.3 is 6.18 Å². The van der Waals surface area contributed by atoms with E-state index in [0.717, 1.165) is 30.2 Å². The second kappa shape index (κ2) is 11.4. The number of hydrogen-bond acceptors (Lipinski definition) is 0. The molecule has 0 nitrogen and oxygen atoms in total. The molecule has 194 valence electrons. The van der Waals surface area contributed by atoms with Crippen molar-refractivity contribution < 1.29 is 26.3 Å². The molecule has 0 spiro atoms. The maximum atomic E-state index is 15.2. The third kappa shape index (κ3) is 6.54. The van der Waals surface area contributed by atoms with Gasteiger partial charge in [-0.15, -0.1) is 0 Å². The Balaban J connectivity index is 1.42. The molecule has 6 heteroatoms. The number of hydrogen-bond donors (Lipinski definition) is 0. The third-order valence-corrected chi connectivity index (χ3v) is 6.71. The molecular weight excluding hydrogens is 486 g/mol. The van der Waals surface area contributed by atoms with Crippen LogP contribution in [0.15, 0.2) is 66.7 Å². The van der Waals surface area contributed by atoms with Gasteiger partial charge in [0, 0.05) is 5.39 Å². The van der Waals surface area contributed by atoms with Crippen molar-refractivity contribution in [2.75, 3.05) is 0 Å². The van der Waals surface area contributed by atoms with Gasteiger partial charge in [-0.05, 0) is 83.9 Å². The maximum Gasteiger partial charge on any atom is 0.422 e. The lowest BCUT2D eigenvalue weighted by atomic mass is 9.96. The summed E-state index contributed by atoms with van der Waals surface area (Å²) in [5.74, 6) is -3.76. The highest BCUT2D eigenvalue weighted by Gasteiger charge is 2.37. The molecule has 0 atom stereocenters. The van der Waals surface area contributed by atoms with Crippen LogP contribution in [-0.4, -0.2) is 0 Å². The Morgan fingerprint density at radius 1 is 0.595 bits per heavy atom. The first-order chi connectivity index (χ1) is 17.7. The molecular formula is C31H28F6. The number of rotatable bonds is 9. The minimum Gasteiger partial charge on any atom is -0.206 e. The SMILES string of the molecule is CCCCc1ccc(CCc2ccc3c(F)c(CCc4cc(F)c(C(F)(F)F)c(F)c4)ccc3c2)cc1. The van der Waals surface area contributed by atoms with Gasteiger partial charge in [0.25, 0.3) is 0 Å². The summed E-state index contributed by atoms with van der Waals surface area (Å²) in [5.41, 5.74) is 2.15. The Bertz CT molecular complexity index is 1350. The zero-order valence-corrected chi connectivity index (χ0v) is 20.6. The Morgan fingerprint density at radius 2 is 1.16 bits per heavy atom. The van der Waals surface area contributed by atoms with E-state index in [2.05, 4.69) is 31.2 Å². The van der Waals surface area contributed by atoms with Crippen LogP contribution in [0.3, 0.4) is 0 Å². The van der Waals surface area contributed by atoms with E-state index >= 15 is 4.39 Å². The molecule has 0 aliphatic rings. The molecule has 0 fully saturated rings. The Kier molecular flexibility index (Phi) is 8.25. The molecule has 0 amide bonds. The van der Waals surface area contributed by atoms with E-state index in [-0.39, 0.29) is 18.4 Å². The molecule has 37 heavy (non-hydrogen) atoms. The highest BCUT2D eigenvalue weighted by Crippen LogP contribution is 2.34. The molecule has 0 aromatic heterocycles. The molecule has 0 aliphatic heterocycles. The van der Waals surface area contributed by atoms with E-state index < -0.39 is 29.2 Å². The average molecular weight is 515 g/mol. The van der Waals surface area contributed by atoms with E-state index in [1.807, 2.05) is 12.1 Å². The van der Waals surface area contributed by atoms with Crippen molar-refractivity contribution in [3.05, 3.63) is 118 Å². The van der Waals surface area contributed by atoms with Gasteiger partial charge in [-0.3, -0.25) is 0 Å². The first-order valence-corrected chi connectivity index (χ1v) is 12.5. The number of fused-ring (bicyclic) bond motifs is 1. The second-order valence-electron chi connectivity index (χ2n) is 9.45. The van der Waals surface area contributed by atoms with Crippen molar-refractivity contribution in [3.63, 3.8) is 0 Å². The lowest BCUT2D eigenvalue weighted by molar-refractivity contribution is -0.142. The molecule has 0 saturated carbocycles. The van der Waals surface area contributed by atoms with Crippen molar-refractivity contribution in [1.29, 1.82) is 0 Å². The minimum atomic E-state index is -5.12. The summed E-state index contributed by atoms with van der Waals surface area (Å²) in [6.45, 7) is 2.18. The van der Waals surface area contributed by atoms with E-state index in [9.17, 15) is 22.0 Å². The largest absolute Gasteiger partial charge is 0.422 e. The summed E-state index contributed by atoms with van der Waals surface area (Å²) < 4.78 is 81.2. The van der Waals surface area contributed by atoms with Crippen molar-refractivity contribution in [2.24, 2.45) is 0 Å². The van der Waals surface area contributed by atoms with Crippen LogP contribution in [-0.2, 0) is 38.3 Å². The molecule has 0 N–H and O–H groups in total. The summed E-state index contributed by atoms with van der Waals surface area (Å²) >= 11 is 0. The maximum absolute atomic E-state index is 15.2. The molecule has 0 heterocycles. The van der Waals surface area contributed by atoms with Crippen LogP contribution in [0, 0.1) is 17.5 Å². The van der Waals surface area contributed by atoms with Crippen molar-refractivity contribution in [3.8, 4) is 0 Å². The standard InChI is InChI=1S/C31H28F6/c1-2-3-4-20-5-7-21(8-6-20)9-10-22-12-16-26-25(17-22)15-14-24(30(26)34)13-11-23-18-27(32)29(28(33)19-23)31(35,36)37/h5-8,12,14-19H,2-4,9-11,13H2,1H3. The summed E-state index contributed by atoms with van der Waals surface area (Å²) in [4.78, 5) is 0. The highest BCUT2D eigenvalue weighted by atomic mass is 19.4. The molecule has 0 saturated heterocycles. The fraction of sp³-hybridized carbons (Fsp3) is 0.290. The summed E-state index contributed by atoms with van der Waals surface area (Å²) in [6.07, 6.45) is 0.124. The third-order valence-electron chi connectivity index (χ3n) is 6.71. The summed E-state index contributed by atoms with van der Waals surface area (Å²) in [5, 5.41) is 1.19. The molecule has 0 bridgehead atoms. The van der Waals surface area contributed by atoms with Gasteiger partial charge in [0.05, 0.1) is 0 Å². The normalized spacial score (nSPS) is 11.9. The zero-order valence-electron chi connectivity index (χ0n) is 20.6. The summed E-state index contributed by atoms with van der Waals surface area (Å²) in [7, 11) is 0. The Hall–Kier alpha value is -3.28. The van der Waals surface area contributed by atoms with E-state index in [1.165, 1.54) is 24.0 Å². The zero-order chi connectivity index (χ0) is 26.6. The molecule has 0 aliphatic carbocycles. The quantitative estimate of drug-likeness (QED) is 0.195. The first kappa shape index (κ1) is 26.8. The molecule has 4 rings (SSSR count). The molecule has 4 aromatic rings. The van der Waals surface area contributed by atoms with Crippen molar-refractivity contribution in [2.45, 2.75) is 58.0 Å². The second-order valence-corrected chi connectivity index (χ2v) is 9.45. The van der Waals surface area contributed by atoms with Gasteiger partial charge in [0.1, 0.15) is 23.0 Å². The predicted octanol–water partition coefficient (Wildman–Crippen LogP) is 9.19. The fourth-order valence-electron chi connectivity index (χ4n) is 4.60. The average Bonchev–Trinajstić information content (AvgIpc) is 2.85. The van der Waals surface area contributed by atoms with Crippen LogP contribution in [0.1, 0.15) is 53.1 Å². The fourth-order valence-corrected chi connectivity index (χ4v) is 4.60. The van der Waals surface area contributed by atoms with Crippen LogP contribution in [0.2, 0.25) is 0 Å². The lowest BCUT2D eigenvalue weighted by Gasteiger charge is -2.12. The van der Waals surface area contributed by atoms with Crippen LogP contribution in [0.5, 0.6) is 0 Å². The van der Waals surface area contributed by atoms with Crippen molar-refractivity contribution in [1.82, 2.24) is 0 Å². The topological polar surface area (TPSA) is 0 Å². The van der Waals surface area contributed by atoms with Crippen LogP contribution >= 0.6 is 0 Å². The van der Waals surface area contributed by atoms with Gasteiger partial charge in [-0.25, -0.2) is 13.2 Å². The Labute approximate surface area is 213 Å². The lowest BCUT2D eigenvalue weighted by Crippen LogP contribution is -2.12. The Morgan fingerprint density at radius 3 is 1.78 bits per heavy atom. The van der Waals surface area contributed by atoms with Gasteiger partial charge < -0.3 is 0 Å². The molecule has 0 radical (unpaired) electrons. The summed E-state index contributed by atoms with van der Waals surface area (Å²) in [6, 6.07) is 19.0. The van der Waals surface area contributed by atoms with E-state index in [4.69, 9.17) is 0 Å². The number of aryl methyl sites for hydroxylation is 5. The number of alkyl halides is 3. The van der Waals surface area contributed by atoms with Gasteiger partial charge in [-0.2, -0.15) is 13.2 Å². The molecule has 0 unspecified atom stereocenters. The smallest absolute Gasteiger partial charge is 0.206 e. The predicted molar refractivity (Wildman–Crippen MR) is 135 cm³/mol. The molecule has 4 aromatic carbocycles. The van der Waals surface area contributed by atoms with Crippen molar-refractivity contribution >= 4 is 10.8 Å². The van der Waals surface area contributed by atoms with Crippen LogP contribution < -0.4 is 0 Å². The van der Waals surface area contributed by atoms with Crippen LogP contribution in [0.4, 0.5) is 26.3 Å². The van der Waals surface area contributed by atoms with Gasteiger partial charge in [0.2, 0.25) is 0 Å². The van der Waals surface area contributed by atoms with Gasteiger partial charge in [-0.1, -0.05) is 67.9 Å². The van der Waals surface area contributed by atoms with Gasteiger partial charge in [0.15, 0.2) is 0 Å². The van der Waals surface area contributed by atoms with Crippen LogP contribution in [0.25, 0.3) is 10.8 Å². The van der Waals surface area contributed by atoms with E-state index in [1.54, 1.807) is 18.2 Å². The number of benzene rings is 4. The van der Waals surface area contributed by atoms with E-state index in [0.29, 0.717) is 23.1 Å². The number of halogens is 6. The monoisotopic (exact) mass is 514 g/mol. The minimum absolute atomic E-state index is 0.00369. The number of unbranched alkanes of at least 4 members (excludes halogenated alkanes) is 1. The first-order valence-electron chi connectivity index (χ1n) is 12.5. The highest BCUT2D eigenvalue weighted by molar-refractivity contribution is 5.84.